The molecule has 0 unspecified atom stereocenters. The van der Waals surface area contributed by atoms with Crippen LogP contribution in [-0.2, 0) is 26.2 Å². The third-order valence-corrected chi connectivity index (χ3v) is 2.96. The van der Waals surface area contributed by atoms with E-state index in [1.165, 1.54) is 11.1 Å². The van der Waals surface area contributed by atoms with Gasteiger partial charge >= 0.3 is 26.2 Å². The first-order chi connectivity index (χ1) is 10.8. The normalized spacial score (nSPS) is 17.6. The first-order valence-electron chi connectivity index (χ1n) is 8.33. The Morgan fingerprint density at radius 2 is 0.739 bits per heavy atom. The van der Waals surface area contributed by atoms with E-state index in [-0.39, 0.29) is 26.2 Å². The van der Waals surface area contributed by atoms with Gasteiger partial charge in [-0.3, -0.25) is 0 Å². The van der Waals surface area contributed by atoms with Gasteiger partial charge in [-0.1, -0.05) is 27.7 Å². The Kier molecular flexibility index (Phi) is 22.7. The first-order valence-corrected chi connectivity index (χ1v) is 8.33. The topological polar surface area (TPSA) is 0 Å². The van der Waals surface area contributed by atoms with Crippen LogP contribution in [0.25, 0.3) is 0 Å². The van der Waals surface area contributed by atoms with Gasteiger partial charge in [-0.15, -0.1) is 25.7 Å². The van der Waals surface area contributed by atoms with Crippen LogP contribution in [0, 0.1) is 76.4 Å². The summed E-state index contributed by atoms with van der Waals surface area (Å²) in [5.74, 6) is 0. The van der Waals surface area contributed by atoms with Crippen molar-refractivity contribution in [1.82, 2.24) is 0 Å². The molecule has 0 spiro atoms. The minimum Gasteiger partial charge on any atom is -0.373 e. The third-order valence-electron chi connectivity index (χ3n) is 2.96. The molecule has 0 N–H and O–H groups in total. The molecule has 2 aliphatic carbocycles. The van der Waals surface area contributed by atoms with Crippen molar-refractivity contribution in [3.63, 3.8) is 0 Å². The van der Waals surface area contributed by atoms with Crippen molar-refractivity contribution in [2.45, 2.75) is 53.4 Å². The van der Waals surface area contributed by atoms with Crippen molar-refractivity contribution in [1.29, 1.82) is 0 Å². The molecule has 23 heavy (non-hydrogen) atoms. The fourth-order valence-corrected chi connectivity index (χ4v) is 1.96. The van der Waals surface area contributed by atoms with Gasteiger partial charge in [0.2, 0.25) is 0 Å². The second kappa shape index (κ2) is 20.4. The average Bonchev–Trinajstić information content (AvgIpc) is 3.28. The molecule has 10 radical (unpaired) electrons. The van der Waals surface area contributed by atoms with Gasteiger partial charge in [-0.05, 0) is 64.2 Å². The molecular weight excluding hydrogens is 355 g/mol. The first kappa shape index (κ1) is 25.6. The minimum atomic E-state index is 0. The summed E-state index contributed by atoms with van der Waals surface area (Å²) in [5.41, 5.74) is 2.73. The second-order valence-electron chi connectivity index (χ2n) is 4.65. The van der Waals surface area contributed by atoms with Crippen LogP contribution in [-0.4, -0.2) is 0 Å². The Bertz CT molecular complexity index is 235. The van der Waals surface area contributed by atoms with Crippen LogP contribution in [0.2, 0.25) is 0 Å². The molecule has 2 fully saturated rings. The van der Waals surface area contributed by atoms with Crippen molar-refractivity contribution < 1.29 is 26.2 Å². The summed E-state index contributed by atoms with van der Waals surface area (Å²) in [6.07, 6.45) is 31.0. The maximum Gasteiger partial charge on any atom is 4.00 e. The molecule has 2 aliphatic rings. The summed E-state index contributed by atoms with van der Waals surface area (Å²) in [7, 11) is 0. The smallest absolute Gasteiger partial charge is 0.373 e. The van der Waals surface area contributed by atoms with Crippen LogP contribution >= 0.6 is 0 Å². The Balaban J connectivity index is 0. The molecule has 0 atom stereocenters. The van der Waals surface area contributed by atoms with Gasteiger partial charge in [-0.2, -0.15) is 0 Å². The van der Waals surface area contributed by atoms with Crippen LogP contribution in [0.15, 0.2) is 11.1 Å². The van der Waals surface area contributed by atoms with Gasteiger partial charge in [0.1, 0.15) is 0 Å². The van der Waals surface area contributed by atoms with Crippen LogP contribution in [0.1, 0.15) is 53.4 Å². The molecule has 0 nitrogen and oxygen atoms in total. The van der Waals surface area contributed by atoms with E-state index in [1.807, 2.05) is 64.2 Å². The van der Waals surface area contributed by atoms with E-state index in [4.69, 9.17) is 0 Å². The van der Waals surface area contributed by atoms with E-state index in [2.05, 4.69) is 39.8 Å². The van der Waals surface area contributed by atoms with E-state index in [0.717, 1.165) is 25.7 Å². The molecular formula is C22H30Zr+2. The van der Waals surface area contributed by atoms with E-state index in [1.54, 1.807) is 0 Å². The maximum atomic E-state index is 3.39. The van der Waals surface area contributed by atoms with Gasteiger partial charge in [0.05, 0.1) is 0 Å². The van der Waals surface area contributed by atoms with Gasteiger partial charge in [0, 0.05) is 0 Å². The predicted octanol–water partition coefficient (Wildman–Crippen LogP) is 6.13. The molecule has 0 aliphatic heterocycles. The quantitative estimate of drug-likeness (QED) is 0.395. The predicted molar refractivity (Wildman–Crippen MR) is 97.7 cm³/mol. The Morgan fingerprint density at radius 3 is 0.870 bits per heavy atom. The van der Waals surface area contributed by atoms with Crippen LogP contribution in [0.3, 0.4) is 0 Å². The third kappa shape index (κ3) is 15.6. The zero-order valence-corrected chi connectivity index (χ0v) is 17.6. The molecule has 0 aromatic heterocycles. The summed E-state index contributed by atoms with van der Waals surface area (Å²) in [4.78, 5) is 0. The van der Waals surface area contributed by atoms with E-state index < -0.39 is 0 Å². The zero-order chi connectivity index (χ0) is 16.5. The molecule has 2 saturated carbocycles. The number of hydrogen-bond donors (Lipinski definition) is 0. The summed E-state index contributed by atoms with van der Waals surface area (Å²) < 4.78 is 0. The summed E-state index contributed by atoms with van der Waals surface area (Å²) in [5, 5.41) is 0. The standard InChI is InChI=1S/C12H20.2C5H5.Zr/c1-5-9-11(7-3)12(8-4)10-6-2;2*1-2-4-5-3-1;/h5-8H2,1-4H3;2*1-5H;/q-2;;;+4. The second-order valence-corrected chi connectivity index (χ2v) is 4.65. The number of hydrogen-bond acceptors (Lipinski definition) is 0. The van der Waals surface area contributed by atoms with Crippen LogP contribution < -0.4 is 0 Å². The van der Waals surface area contributed by atoms with Gasteiger partial charge in [0.25, 0.3) is 0 Å². The molecule has 0 amide bonds. The van der Waals surface area contributed by atoms with Gasteiger partial charge < -0.3 is 23.3 Å². The van der Waals surface area contributed by atoms with E-state index >= 15 is 0 Å². The van der Waals surface area contributed by atoms with Crippen LogP contribution in [0.4, 0.5) is 0 Å². The van der Waals surface area contributed by atoms with E-state index in [9.17, 15) is 0 Å². The van der Waals surface area contributed by atoms with E-state index in [0.29, 0.717) is 0 Å². The largest absolute Gasteiger partial charge is 4.00 e. The molecule has 0 bridgehead atoms. The maximum absolute atomic E-state index is 3.39. The Morgan fingerprint density at radius 1 is 0.522 bits per heavy atom. The van der Waals surface area contributed by atoms with Crippen molar-refractivity contribution in [3.8, 4) is 0 Å². The average molecular weight is 386 g/mol. The monoisotopic (exact) mass is 384 g/mol. The van der Waals surface area contributed by atoms with Crippen molar-refractivity contribution in [2.24, 2.45) is 0 Å². The Labute approximate surface area is 166 Å². The minimum absolute atomic E-state index is 0. The molecule has 120 valence electrons. The number of allylic oxidation sites excluding steroid dienone is 4. The van der Waals surface area contributed by atoms with Crippen molar-refractivity contribution >= 4 is 0 Å². The molecule has 2 rings (SSSR count). The fraction of sp³-hybridized carbons (Fsp3) is 0.364. The number of rotatable bonds is 5. The fourth-order valence-electron chi connectivity index (χ4n) is 1.96. The molecule has 1 heteroatoms. The molecule has 0 heterocycles. The Hall–Kier alpha value is 0.363. The SMILES string of the molecule is CC[C-]=C(CC)C(=[C-]CC)CC.[CH]1[CH][CH][CH][CH]1.[CH]1[CH][CH][CH][CH]1.[Zr+4]. The van der Waals surface area contributed by atoms with Crippen molar-refractivity contribution in [3.05, 3.63) is 87.5 Å². The van der Waals surface area contributed by atoms with Gasteiger partial charge in [-0.25, -0.2) is 0 Å². The summed E-state index contributed by atoms with van der Waals surface area (Å²) in [6, 6.07) is 0. The van der Waals surface area contributed by atoms with Crippen LogP contribution in [0.5, 0.6) is 0 Å². The zero-order valence-electron chi connectivity index (χ0n) is 15.1. The molecule has 0 saturated heterocycles. The van der Waals surface area contributed by atoms with Crippen molar-refractivity contribution in [2.75, 3.05) is 0 Å². The molecule has 0 aromatic carbocycles. The summed E-state index contributed by atoms with van der Waals surface area (Å²) in [6.45, 7) is 8.64. The summed E-state index contributed by atoms with van der Waals surface area (Å²) >= 11 is 0. The van der Waals surface area contributed by atoms with Gasteiger partial charge in [0.15, 0.2) is 0 Å². The molecule has 0 aromatic rings.